The lowest BCUT2D eigenvalue weighted by Gasteiger charge is -2.19. The highest BCUT2D eigenvalue weighted by Crippen LogP contribution is 2.24. The molecule has 0 aromatic heterocycles. The Bertz CT molecular complexity index is 414. The van der Waals surface area contributed by atoms with Crippen molar-refractivity contribution in [2.45, 2.75) is 6.92 Å². The van der Waals surface area contributed by atoms with Crippen molar-refractivity contribution in [3.8, 4) is 5.75 Å². The minimum Gasteiger partial charge on any atom is -0.482 e. The second-order valence-corrected chi connectivity index (χ2v) is 3.97. The fourth-order valence-corrected chi connectivity index (χ4v) is 1.62. The van der Waals surface area contributed by atoms with E-state index >= 15 is 0 Å². The molecule has 0 aliphatic heterocycles. The number of ether oxygens (including phenoxy) is 1. The van der Waals surface area contributed by atoms with Crippen molar-refractivity contribution in [2.24, 2.45) is 0 Å². The molecule has 0 saturated carbocycles. The van der Waals surface area contributed by atoms with Crippen LogP contribution in [-0.2, 0) is 4.79 Å². The summed E-state index contributed by atoms with van der Waals surface area (Å²) in [5.41, 5.74) is 0. The molecule has 1 aromatic carbocycles. The van der Waals surface area contributed by atoms with Crippen LogP contribution in [0.2, 0.25) is 5.02 Å². The standard InChI is InChI=1S/C12H15ClFNO3/c1-2-15(5-6-16)12(17)8-18-11-4-3-9(14)7-10(11)13/h3-4,7,16H,2,5-6,8H2,1H3. The fraction of sp³-hybridized carbons (Fsp3) is 0.417. The molecule has 0 heterocycles. The first-order chi connectivity index (χ1) is 8.58. The molecule has 1 aromatic rings. The van der Waals surface area contributed by atoms with Crippen LogP contribution in [0, 0.1) is 5.82 Å². The summed E-state index contributed by atoms with van der Waals surface area (Å²) in [6.07, 6.45) is 0. The van der Waals surface area contributed by atoms with Crippen LogP contribution in [0.5, 0.6) is 5.75 Å². The SMILES string of the molecule is CCN(CCO)C(=O)COc1ccc(F)cc1Cl. The van der Waals surface area contributed by atoms with Gasteiger partial charge in [-0.3, -0.25) is 4.79 Å². The number of aliphatic hydroxyl groups excluding tert-OH is 1. The second-order valence-electron chi connectivity index (χ2n) is 3.56. The Kier molecular flexibility index (Phi) is 5.88. The lowest BCUT2D eigenvalue weighted by Crippen LogP contribution is -2.36. The molecule has 0 radical (unpaired) electrons. The molecule has 0 aliphatic rings. The van der Waals surface area contributed by atoms with Crippen LogP contribution in [-0.4, -0.2) is 42.2 Å². The van der Waals surface area contributed by atoms with Crippen molar-refractivity contribution in [1.29, 1.82) is 0 Å². The van der Waals surface area contributed by atoms with E-state index in [9.17, 15) is 9.18 Å². The molecule has 0 atom stereocenters. The maximum absolute atomic E-state index is 12.8. The van der Waals surface area contributed by atoms with E-state index in [-0.39, 0.29) is 36.4 Å². The van der Waals surface area contributed by atoms with Gasteiger partial charge in [0.25, 0.3) is 5.91 Å². The van der Waals surface area contributed by atoms with Gasteiger partial charge in [-0.05, 0) is 25.1 Å². The van der Waals surface area contributed by atoms with E-state index in [4.69, 9.17) is 21.4 Å². The Morgan fingerprint density at radius 1 is 1.56 bits per heavy atom. The molecule has 0 aliphatic carbocycles. The molecule has 0 spiro atoms. The van der Waals surface area contributed by atoms with Gasteiger partial charge in [0.15, 0.2) is 6.61 Å². The summed E-state index contributed by atoms with van der Waals surface area (Å²) in [5, 5.41) is 8.90. The van der Waals surface area contributed by atoms with Crippen molar-refractivity contribution >= 4 is 17.5 Å². The van der Waals surface area contributed by atoms with Gasteiger partial charge in [-0.2, -0.15) is 0 Å². The number of carbonyl (C=O) groups is 1. The number of aliphatic hydroxyl groups is 1. The zero-order chi connectivity index (χ0) is 13.5. The largest absolute Gasteiger partial charge is 0.482 e. The summed E-state index contributed by atoms with van der Waals surface area (Å²) in [6.45, 7) is 2.25. The van der Waals surface area contributed by atoms with Gasteiger partial charge in [-0.25, -0.2) is 4.39 Å². The first-order valence-corrected chi connectivity index (χ1v) is 5.92. The number of nitrogens with zero attached hydrogens (tertiary/aromatic N) is 1. The van der Waals surface area contributed by atoms with E-state index in [2.05, 4.69) is 0 Å². The Hall–Kier alpha value is -1.33. The number of rotatable bonds is 6. The summed E-state index contributed by atoms with van der Waals surface area (Å²) in [6, 6.07) is 3.69. The Labute approximate surface area is 110 Å². The number of hydrogen-bond donors (Lipinski definition) is 1. The van der Waals surface area contributed by atoms with Crippen LogP contribution in [0.1, 0.15) is 6.92 Å². The fourth-order valence-electron chi connectivity index (χ4n) is 1.40. The molecule has 18 heavy (non-hydrogen) atoms. The maximum atomic E-state index is 12.8. The highest BCUT2D eigenvalue weighted by atomic mass is 35.5. The van der Waals surface area contributed by atoms with Gasteiger partial charge < -0.3 is 14.7 Å². The van der Waals surface area contributed by atoms with Crippen molar-refractivity contribution < 1.29 is 19.0 Å². The normalized spacial score (nSPS) is 10.2. The lowest BCUT2D eigenvalue weighted by atomic mass is 10.3. The molecule has 0 unspecified atom stereocenters. The maximum Gasteiger partial charge on any atom is 0.260 e. The molecule has 1 rings (SSSR count). The molecule has 0 saturated heterocycles. The minimum absolute atomic E-state index is 0.100. The highest BCUT2D eigenvalue weighted by molar-refractivity contribution is 6.32. The third kappa shape index (κ3) is 4.16. The Morgan fingerprint density at radius 2 is 2.28 bits per heavy atom. The van der Waals surface area contributed by atoms with Crippen LogP contribution in [0.25, 0.3) is 0 Å². The van der Waals surface area contributed by atoms with E-state index in [0.29, 0.717) is 6.54 Å². The monoisotopic (exact) mass is 275 g/mol. The van der Waals surface area contributed by atoms with Crippen molar-refractivity contribution in [3.05, 3.63) is 29.0 Å². The number of carbonyl (C=O) groups excluding carboxylic acids is 1. The van der Waals surface area contributed by atoms with Crippen LogP contribution in [0.15, 0.2) is 18.2 Å². The lowest BCUT2D eigenvalue weighted by molar-refractivity contribution is -0.133. The number of hydrogen-bond acceptors (Lipinski definition) is 3. The molecule has 0 fully saturated rings. The predicted molar refractivity (Wildman–Crippen MR) is 66.2 cm³/mol. The quantitative estimate of drug-likeness (QED) is 0.860. The zero-order valence-electron chi connectivity index (χ0n) is 10.0. The number of likely N-dealkylation sites (N-methyl/N-ethyl adjacent to an activating group) is 1. The van der Waals surface area contributed by atoms with Gasteiger partial charge in [0, 0.05) is 13.1 Å². The van der Waals surface area contributed by atoms with Crippen LogP contribution in [0.3, 0.4) is 0 Å². The zero-order valence-corrected chi connectivity index (χ0v) is 10.8. The molecule has 1 N–H and O–H groups in total. The van der Waals surface area contributed by atoms with Gasteiger partial charge >= 0.3 is 0 Å². The van der Waals surface area contributed by atoms with Gasteiger partial charge in [0.1, 0.15) is 11.6 Å². The van der Waals surface area contributed by atoms with Crippen molar-refractivity contribution in [3.63, 3.8) is 0 Å². The average Bonchev–Trinajstić information content (AvgIpc) is 2.34. The summed E-state index contributed by atoms with van der Waals surface area (Å²) in [7, 11) is 0. The van der Waals surface area contributed by atoms with Gasteiger partial charge in [-0.1, -0.05) is 11.6 Å². The predicted octanol–water partition coefficient (Wildman–Crippen LogP) is 1.70. The number of amides is 1. The third-order valence-electron chi connectivity index (χ3n) is 2.35. The Morgan fingerprint density at radius 3 is 2.83 bits per heavy atom. The average molecular weight is 276 g/mol. The number of benzene rings is 1. The molecule has 4 nitrogen and oxygen atoms in total. The smallest absolute Gasteiger partial charge is 0.260 e. The van der Waals surface area contributed by atoms with Gasteiger partial charge in [-0.15, -0.1) is 0 Å². The van der Waals surface area contributed by atoms with Crippen LogP contribution >= 0.6 is 11.6 Å². The van der Waals surface area contributed by atoms with E-state index in [1.807, 2.05) is 0 Å². The van der Waals surface area contributed by atoms with Crippen LogP contribution < -0.4 is 4.74 Å². The summed E-state index contributed by atoms with van der Waals surface area (Å²) in [5.74, 6) is -0.465. The summed E-state index contributed by atoms with van der Waals surface area (Å²) >= 11 is 5.76. The van der Waals surface area contributed by atoms with Crippen molar-refractivity contribution in [2.75, 3.05) is 26.3 Å². The third-order valence-corrected chi connectivity index (χ3v) is 2.64. The van der Waals surface area contributed by atoms with Crippen LogP contribution in [0.4, 0.5) is 4.39 Å². The van der Waals surface area contributed by atoms with E-state index in [1.54, 1.807) is 6.92 Å². The molecular formula is C12H15ClFNO3. The van der Waals surface area contributed by atoms with Gasteiger partial charge in [0.05, 0.1) is 11.6 Å². The first kappa shape index (κ1) is 14.7. The summed E-state index contributed by atoms with van der Waals surface area (Å²) in [4.78, 5) is 13.1. The topological polar surface area (TPSA) is 49.8 Å². The van der Waals surface area contributed by atoms with Crippen molar-refractivity contribution in [1.82, 2.24) is 4.90 Å². The first-order valence-electron chi connectivity index (χ1n) is 5.55. The molecule has 1 amide bonds. The second kappa shape index (κ2) is 7.18. The Balaban J connectivity index is 2.56. The highest BCUT2D eigenvalue weighted by Gasteiger charge is 2.12. The number of halogens is 2. The molecular weight excluding hydrogens is 261 g/mol. The molecule has 100 valence electrons. The van der Waals surface area contributed by atoms with Gasteiger partial charge in [0.2, 0.25) is 0 Å². The molecule has 0 bridgehead atoms. The minimum atomic E-state index is -0.464. The summed E-state index contributed by atoms with van der Waals surface area (Å²) < 4.78 is 18.0. The van der Waals surface area contributed by atoms with E-state index < -0.39 is 5.82 Å². The van der Waals surface area contributed by atoms with E-state index in [0.717, 1.165) is 6.07 Å². The van der Waals surface area contributed by atoms with E-state index in [1.165, 1.54) is 17.0 Å². The molecule has 6 heteroatoms.